The molecule has 7 heteroatoms. The van der Waals surface area contributed by atoms with Crippen LogP contribution in [0.15, 0.2) is 23.8 Å². The van der Waals surface area contributed by atoms with E-state index in [1.54, 1.807) is 0 Å². The summed E-state index contributed by atoms with van der Waals surface area (Å²) in [7, 11) is -2.33. The summed E-state index contributed by atoms with van der Waals surface area (Å²) in [5.41, 5.74) is 1.21. The van der Waals surface area contributed by atoms with Crippen LogP contribution in [0.1, 0.15) is 108 Å². The molecule has 0 heterocycles. The number of carbonyl (C=O) groups excluding carboxylic acids is 2. The van der Waals surface area contributed by atoms with Gasteiger partial charge in [-0.25, -0.2) is 0 Å². The van der Waals surface area contributed by atoms with Crippen LogP contribution in [0.4, 0.5) is 0 Å². The minimum atomic E-state index is -2.15. The maximum atomic E-state index is 13.7. The van der Waals surface area contributed by atoms with Crippen LogP contribution in [0, 0.1) is 29.6 Å². The molecule has 2 aliphatic rings. The van der Waals surface area contributed by atoms with Crippen LogP contribution < -0.4 is 0 Å². The summed E-state index contributed by atoms with van der Waals surface area (Å²) in [6.07, 6.45) is 11.6. The molecule has 0 fully saturated rings. The van der Waals surface area contributed by atoms with E-state index in [9.17, 15) is 9.59 Å². The summed E-state index contributed by atoms with van der Waals surface area (Å²) in [5, 5.41) is 0.110. The fourth-order valence-electron chi connectivity index (χ4n) is 6.14. The molecule has 1 amide bonds. The molecule has 0 aromatic heterocycles. The lowest BCUT2D eigenvalue weighted by atomic mass is 9.63. The highest BCUT2D eigenvalue weighted by atomic mass is 28.4. The van der Waals surface area contributed by atoms with E-state index < -0.39 is 16.6 Å². The number of nitrogens with zero attached hydrogens (tertiary/aromatic N) is 1. The molecule has 2 aliphatic carbocycles. The lowest BCUT2D eigenvalue weighted by Crippen LogP contribution is -2.48. The predicted molar refractivity (Wildman–Crippen MR) is 192 cm³/mol. The van der Waals surface area contributed by atoms with E-state index in [2.05, 4.69) is 114 Å². The third-order valence-electron chi connectivity index (χ3n) is 11.6. The van der Waals surface area contributed by atoms with Crippen LogP contribution in [0.2, 0.25) is 36.3 Å². The number of rotatable bonds is 14. The van der Waals surface area contributed by atoms with Gasteiger partial charge in [0.15, 0.2) is 16.6 Å². The first-order valence-corrected chi connectivity index (χ1v) is 23.4. The standard InChI is InChI=1S/C37H69NO4Si2/c1-16-17-22-38(11)33(39)25-31(42-44(14,15)37(8,9)10)24-30(41-43(12,13)36(5,6)7)20-21-32-26(2)18-19-29-23-27(3)28(4)35(40)34(29)32/h18-19,23,26-28,30-32,34H,16-17,20-22,24-25H2,1-15H3/t26-,27-,28+,30+,31+,32-,34-/m0/s1. The lowest BCUT2D eigenvalue weighted by Gasteiger charge is -2.44. The molecule has 2 rings (SSSR count). The van der Waals surface area contributed by atoms with Gasteiger partial charge in [0.2, 0.25) is 5.91 Å². The highest BCUT2D eigenvalue weighted by Gasteiger charge is 2.45. The van der Waals surface area contributed by atoms with Gasteiger partial charge >= 0.3 is 0 Å². The van der Waals surface area contributed by atoms with Crippen molar-refractivity contribution in [2.45, 2.75) is 156 Å². The normalized spacial score (nSPS) is 26.2. The van der Waals surface area contributed by atoms with Crippen LogP contribution in [0.5, 0.6) is 0 Å². The molecule has 0 aromatic carbocycles. The number of allylic oxidation sites excluding steroid dienone is 4. The molecule has 0 spiro atoms. The number of carbonyl (C=O) groups is 2. The molecular formula is C37H69NO4Si2. The van der Waals surface area contributed by atoms with Gasteiger partial charge in [-0.2, -0.15) is 0 Å². The Labute approximate surface area is 274 Å². The number of unbranched alkanes of at least 4 members (excludes halogenated alkanes) is 1. The SMILES string of the molecule is CCCCN(C)C(=O)C[C@@H](C[C@@H](CC[C@@H]1[C@H]2C(=O)[C@H](C)[C@@H](C)C=C2C=C[C@@H]1C)O[Si](C)(C)C(C)(C)C)O[Si](C)(C)C(C)(C)C. The van der Waals surface area contributed by atoms with Gasteiger partial charge < -0.3 is 13.8 Å². The molecule has 0 radical (unpaired) electrons. The first-order valence-electron chi connectivity index (χ1n) is 17.6. The Morgan fingerprint density at radius 3 is 2.00 bits per heavy atom. The third kappa shape index (κ3) is 9.99. The summed E-state index contributed by atoms with van der Waals surface area (Å²) in [4.78, 5) is 29.0. The van der Waals surface area contributed by atoms with Gasteiger partial charge in [-0.1, -0.05) is 93.9 Å². The van der Waals surface area contributed by atoms with Gasteiger partial charge in [-0.15, -0.1) is 0 Å². The van der Waals surface area contributed by atoms with E-state index in [0.717, 1.165) is 32.2 Å². The van der Waals surface area contributed by atoms with E-state index in [1.807, 2.05) is 11.9 Å². The molecule has 7 atom stereocenters. The van der Waals surface area contributed by atoms with Crippen LogP contribution >= 0.6 is 0 Å². The molecule has 0 N–H and O–H groups in total. The number of hydrogen-bond donors (Lipinski definition) is 0. The minimum Gasteiger partial charge on any atom is -0.414 e. The number of hydrogen-bond acceptors (Lipinski definition) is 4. The fraction of sp³-hybridized carbons (Fsp3) is 0.838. The number of fused-ring (bicyclic) bond motifs is 1. The van der Waals surface area contributed by atoms with E-state index in [1.165, 1.54) is 5.57 Å². The first kappa shape index (κ1) is 39.2. The van der Waals surface area contributed by atoms with Crippen molar-refractivity contribution in [3.05, 3.63) is 23.8 Å². The highest BCUT2D eigenvalue weighted by Crippen LogP contribution is 2.45. The van der Waals surface area contributed by atoms with E-state index in [4.69, 9.17) is 8.85 Å². The first-order chi connectivity index (χ1) is 20.0. The van der Waals surface area contributed by atoms with Crippen LogP contribution in [-0.2, 0) is 18.4 Å². The van der Waals surface area contributed by atoms with Gasteiger partial charge in [0.1, 0.15) is 5.78 Å². The average Bonchev–Trinajstić information content (AvgIpc) is 2.88. The monoisotopic (exact) mass is 647 g/mol. The fourth-order valence-corrected chi connectivity index (χ4v) is 8.91. The Bertz CT molecular complexity index is 1040. The van der Waals surface area contributed by atoms with Crippen molar-refractivity contribution in [3.8, 4) is 0 Å². The van der Waals surface area contributed by atoms with Crippen molar-refractivity contribution < 1.29 is 18.4 Å². The summed E-state index contributed by atoms with van der Waals surface area (Å²) in [6, 6.07) is 0. The Kier molecular flexibility index (Phi) is 13.6. The van der Waals surface area contributed by atoms with Gasteiger partial charge in [0.05, 0.1) is 12.5 Å². The molecular weight excluding hydrogens is 579 g/mol. The van der Waals surface area contributed by atoms with E-state index >= 15 is 0 Å². The maximum absolute atomic E-state index is 13.7. The zero-order valence-electron chi connectivity index (χ0n) is 31.3. The van der Waals surface area contributed by atoms with E-state index in [-0.39, 0.29) is 51.9 Å². The Morgan fingerprint density at radius 2 is 1.48 bits per heavy atom. The summed E-state index contributed by atoms with van der Waals surface area (Å²) in [6.45, 7) is 32.4. The maximum Gasteiger partial charge on any atom is 0.224 e. The quantitative estimate of drug-likeness (QED) is 0.176. The second-order valence-electron chi connectivity index (χ2n) is 17.3. The number of amides is 1. The molecule has 0 saturated heterocycles. The Balaban J connectivity index is 2.41. The largest absolute Gasteiger partial charge is 0.414 e. The second kappa shape index (κ2) is 15.3. The molecule has 254 valence electrons. The predicted octanol–water partition coefficient (Wildman–Crippen LogP) is 9.81. The van der Waals surface area contributed by atoms with Crippen molar-refractivity contribution >= 4 is 28.3 Å². The van der Waals surface area contributed by atoms with Crippen molar-refractivity contribution in [1.82, 2.24) is 4.90 Å². The summed E-state index contributed by atoms with van der Waals surface area (Å²) < 4.78 is 14.3. The minimum absolute atomic E-state index is 0.0252. The van der Waals surface area contributed by atoms with Gasteiger partial charge in [-0.3, -0.25) is 9.59 Å². The van der Waals surface area contributed by atoms with Gasteiger partial charge in [0, 0.05) is 31.5 Å². The molecule has 0 unspecified atom stereocenters. The number of ketones is 1. The Morgan fingerprint density at radius 1 is 0.932 bits per heavy atom. The van der Waals surface area contributed by atoms with E-state index in [0.29, 0.717) is 24.5 Å². The molecule has 0 aliphatic heterocycles. The zero-order valence-corrected chi connectivity index (χ0v) is 33.3. The molecule has 0 bridgehead atoms. The van der Waals surface area contributed by atoms with Crippen molar-refractivity contribution in [2.24, 2.45) is 29.6 Å². The van der Waals surface area contributed by atoms with Gasteiger partial charge in [-0.05, 0) is 85.3 Å². The average molecular weight is 648 g/mol. The van der Waals surface area contributed by atoms with Crippen molar-refractivity contribution in [3.63, 3.8) is 0 Å². The molecule has 5 nitrogen and oxygen atoms in total. The van der Waals surface area contributed by atoms with Crippen LogP contribution in [-0.4, -0.2) is 59.0 Å². The Hall–Kier alpha value is -1.03. The smallest absolute Gasteiger partial charge is 0.224 e. The van der Waals surface area contributed by atoms with Gasteiger partial charge in [0.25, 0.3) is 0 Å². The van der Waals surface area contributed by atoms with Crippen LogP contribution in [0.3, 0.4) is 0 Å². The highest BCUT2D eigenvalue weighted by molar-refractivity contribution is 6.74. The second-order valence-corrected chi connectivity index (χ2v) is 26.8. The van der Waals surface area contributed by atoms with Crippen LogP contribution in [0.25, 0.3) is 0 Å². The summed E-state index contributed by atoms with van der Waals surface area (Å²) >= 11 is 0. The molecule has 44 heavy (non-hydrogen) atoms. The molecule has 0 saturated carbocycles. The number of Topliss-reactive ketones (excluding diaryl/α,β-unsaturated/α-hetero) is 1. The third-order valence-corrected chi connectivity index (χ3v) is 20.7. The van der Waals surface area contributed by atoms with Crippen molar-refractivity contribution in [1.29, 1.82) is 0 Å². The molecule has 0 aromatic rings. The lowest BCUT2D eigenvalue weighted by molar-refractivity contribution is -0.132. The topological polar surface area (TPSA) is 55.8 Å². The summed E-state index contributed by atoms with van der Waals surface area (Å²) in [5.74, 6) is 1.47. The van der Waals surface area contributed by atoms with Crippen molar-refractivity contribution in [2.75, 3.05) is 13.6 Å². The zero-order chi connectivity index (χ0) is 33.8.